The zero-order chi connectivity index (χ0) is 26.6. The van der Waals surface area contributed by atoms with Crippen molar-refractivity contribution >= 4 is 22.9 Å². The summed E-state index contributed by atoms with van der Waals surface area (Å²) in [6.45, 7) is 0.611. The highest BCUT2D eigenvalue weighted by Gasteiger charge is 2.44. The zero-order valence-electron chi connectivity index (χ0n) is 20.5. The number of aliphatic hydroxyl groups excluding tert-OH is 3. The first-order chi connectivity index (χ1) is 18.4. The summed E-state index contributed by atoms with van der Waals surface area (Å²) >= 11 is 0. The van der Waals surface area contributed by atoms with E-state index in [1.807, 2.05) is 24.3 Å². The molecular formula is C26H30N6O6. The van der Waals surface area contributed by atoms with Crippen LogP contribution in [0.2, 0.25) is 0 Å². The molecule has 4 atom stereocenters. The van der Waals surface area contributed by atoms with Crippen LogP contribution < -0.4 is 10.6 Å². The maximum Gasteiger partial charge on any atom is 0.226 e. The highest BCUT2D eigenvalue weighted by atomic mass is 16.6. The maximum absolute atomic E-state index is 10.6. The second-order valence-electron chi connectivity index (χ2n) is 9.14. The van der Waals surface area contributed by atoms with Gasteiger partial charge in [-0.25, -0.2) is 4.98 Å². The number of hydrogen-bond acceptors (Lipinski definition) is 11. The van der Waals surface area contributed by atoms with Crippen LogP contribution >= 0.6 is 0 Å². The van der Waals surface area contributed by atoms with Crippen molar-refractivity contribution in [2.45, 2.75) is 37.4 Å². The molecule has 0 radical (unpaired) electrons. The number of benzene rings is 2. The number of phenolic OH excluding ortho intramolecular Hbond substituents is 2. The van der Waals surface area contributed by atoms with Crippen molar-refractivity contribution < 1.29 is 30.3 Å². The first-order valence-corrected chi connectivity index (χ1v) is 12.3. The van der Waals surface area contributed by atoms with Crippen LogP contribution in [0.1, 0.15) is 17.4 Å². The number of ether oxygens (including phenoxy) is 1. The van der Waals surface area contributed by atoms with Gasteiger partial charge >= 0.3 is 0 Å². The third kappa shape index (κ3) is 5.48. The predicted octanol–water partition coefficient (Wildman–Crippen LogP) is 1.16. The number of aromatic hydroxyl groups is 2. The van der Waals surface area contributed by atoms with E-state index in [1.165, 1.54) is 10.9 Å². The molecule has 0 aliphatic carbocycles. The second kappa shape index (κ2) is 11.2. The van der Waals surface area contributed by atoms with E-state index in [-0.39, 0.29) is 11.5 Å². The highest BCUT2D eigenvalue weighted by molar-refractivity contribution is 5.84. The average molecular weight is 523 g/mol. The van der Waals surface area contributed by atoms with Crippen molar-refractivity contribution in [3.05, 3.63) is 66.0 Å². The third-order valence-electron chi connectivity index (χ3n) is 6.49. The summed E-state index contributed by atoms with van der Waals surface area (Å²) in [6.07, 6.45) is -1.65. The fourth-order valence-electron chi connectivity index (χ4n) is 4.38. The van der Waals surface area contributed by atoms with Crippen LogP contribution in [0.4, 0.5) is 11.8 Å². The van der Waals surface area contributed by atoms with Crippen molar-refractivity contribution in [2.75, 3.05) is 30.3 Å². The molecule has 0 saturated carbocycles. The lowest BCUT2D eigenvalue weighted by Crippen LogP contribution is -2.33. The minimum Gasteiger partial charge on any atom is -0.508 e. The van der Waals surface area contributed by atoms with Crippen molar-refractivity contribution in [3.8, 4) is 11.5 Å². The molecular weight excluding hydrogens is 492 g/mol. The van der Waals surface area contributed by atoms with Gasteiger partial charge in [-0.05, 0) is 48.2 Å². The summed E-state index contributed by atoms with van der Waals surface area (Å²) in [7, 11) is 0. The van der Waals surface area contributed by atoms with Gasteiger partial charge in [-0.3, -0.25) is 4.57 Å². The number of rotatable bonds is 10. The van der Waals surface area contributed by atoms with Crippen LogP contribution in [0.3, 0.4) is 0 Å². The monoisotopic (exact) mass is 522 g/mol. The summed E-state index contributed by atoms with van der Waals surface area (Å²) in [5.41, 5.74) is 2.90. The van der Waals surface area contributed by atoms with E-state index in [9.17, 15) is 25.5 Å². The van der Waals surface area contributed by atoms with Crippen LogP contribution in [0.15, 0.2) is 54.9 Å². The number of nitrogens with one attached hydrogen (secondary N) is 2. The van der Waals surface area contributed by atoms with Gasteiger partial charge in [0.25, 0.3) is 0 Å². The molecule has 3 heterocycles. The van der Waals surface area contributed by atoms with E-state index >= 15 is 0 Å². The molecule has 12 heteroatoms. The molecule has 0 bridgehead atoms. The molecule has 2 aromatic heterocycles. The Morgan fingerprint density at radius 2 is 1.42 bits per heavy atom. The van der Waals surface area contributed by atoms with Gasteiger partial charge < -0.3 is 40.9 Å². The SMILES string of the molecule is OC[C@H]1OC(n2cnc3c(NCCc4ccc(O)cc4)nc(NCCc4ccc(O)cc4)nc32)[C@H](O)[C@@H]1O. The molecule has 200 valence electrons. The van der Waals surface area contributed by atoms with E-state index < -0.39 is 31.1 Å². The fourth-order valence-corrected chi connectivity index (χ4v) is 4.38. The Bertz CT molecular complexity index is 1360. The second-order valence-corrected chi connectivity index (χ2v) is 9.14. The summed E-state index contributed by atoms with van der Waals surface area (Å²) < 4.78 is 7.22. The number of aliphatic hydroxyl groups is 3. The molecule has 1 aliphatic heterocycles. The van der Waals surface area contributed by atoms with Gasteiger partial charge in [-0.2, -0.15) is 9.97 Å². The molecule has 1 fully saturated rings. The summed E-state index contributed by atoms with van der Waals surface area (Å²) in [5, 5.41) is 55.8. The average Bonchev–Trinajstić information content (AvgIpc) is 3.46. The molecule has 38 heavy (non-hydrogen) atoms. The number of anilines is 2. The smallest absolute Gasteiger partial charge is 0.226 e. The standard InChI is InChI=1S/C26H30N6O6/c33-13-19-21(36)22(37)25(38-19)32-14-29-20-23(27-11-9-15-1-5-17(34)6-2-15)30-26(31-24(20)32)28-12-10-16-3-7-18(35)8-4-16/h1-8,14,19,21-22,25,33-37H,9-13H2,(H2,27,28,30,31)/t19-,21-,22-,25?/m1/s1. The Morgan fingerprint density at radius 1 is 0.816 bits per heavy atom. The van der Waals surface area contributed by atoms with Crippen LogP contribution in [0.5, 0.6) is 11.5 Å². The lowest BCUT2D eigenvalue weighted by molar-refractivity contribution is -0.0511. The van der Waals surface area contributed by atoms with Gasteiger partial charge in [-0.15, -0.1) is 0 Å². The number of hydrogen-bond donors (Lipinski definition) is 7. The normalized spacial score (nSPS) is 21.1. The minimum absolute atomic E-state index is 0.205. The topological polar surface area (TPSA) is 178 Å². The number of fused-ring (bicyclic) bond motifs is 1. The van der Waals surface area contributed by atoms with Gasteiger partial charge in [0.1, 0.15) is 29.8 Å². The maximum atomic E-state index is 10.6. The van der Waals surface area contributed by atoms with Gasteiger partial charge in [0.15, 0.2) is 23.2 Å². The Balaban J connectivity index is 1.39. The van der Waals surface area contributed by atoms with Crippen LogP contribution in [-0.4, -0.2) is 83.1 Å². The summed E-state index contributed by atoms with van der Waals surface area (Å²) in [4.78, 5) is 13.7. The van der Waals surface area contributed by atoms with Crippen LogP contribution in [0.25, 0.3) is 11.2 Å². The Hall–Kier alpha value is -3.97. The first kappa shape index (κ1) is 25.7. The van der Waals surface area contributed by atoms with E-state index in [0.29, 0.717) is 48.9 Å². The summed E-state index contributed by atoms with van der Waals surface area (Å²) in [5.74, 6) is 1.22. The van der Waals surface area contributed by atoms with Gasteiger partial charge in [0.2, 0.25) is 5.95 Å². The van der Waals surface area contributed by atoms with E-state index in [4.69, 9.17) is 4.74 Å². The minimum atomic E-state index is -1.28. The lowest BCUT2D eigenvalue weighted by Gasteiger charge is -2.17. The lowest BCUT2D eigenvalue weighted by atomic mass is 10.1. The number of phenols is 2. The van der Waals surface area contributed by atoms with Gasteiger partial charge in [0, 0.05) is 13.1 Å². The van der Waals surface area contributed by atoms with Gasteiger partial charge in [0.05, 0.1) is 12.9 Å². The molecule has 1 unspecified atom stereocenters. The Morgan fingerprint density at radius 3 is 2.00 bits per heavy atom. The highest BCUT2D eigenvalue weighted by Crippen LogP contribution is 2.32. The Kier molecular flexibility index (Phi) is 7.56. The fraction of sp³-hybridized carbons (Fsp3) is 0.346. The molecule has 1 aliphatic rings. The molecule has 7 N–H and O–H groups in total. The largest absolute Gasteiger partial charge is 0.508 e. The number of nitrogens with zero attached hydrogens (tertiary/aromatic N) is 4. The van der Waals surface area contributed by atoms with E-state index in [0.717, 1.165) is 11.1 Å². The van der Waals surface area contributed by atoms with E-state index in [1.54, 1.807) is 24.3 Å². The molecule has 12 nitrogen and oxygen atoms in total. The summed E-state index contributed by atoms with van der Waals surface area (Å²) in [6, 6.07) is 13.9. The van der Waals surface area contributed by atoms with Crippen molar-refractivity contribution in [1.82, 2.24) is 19.5 Å². The third-order valence-corrected chi connectivity index (χ3v) is 6.49. The number of aromatic nitrogens is 4. The van der Waals surface area contributed by atoms with Crippen molar-refractivity contribution in [2.24, 2.45) is 0 Å². The molecule has 0 amide bonds. The van der Waals surface area contributed by atoms with Crippen LogP contribution in [0, 0.1) is 0 Å². The first-order valence-electron chi connectivity index (χ1n) is 12.3. The zero-order valence-corrected chi connectivity index (χ0v) is 20.5. The number of imidazole rings is 1. The van der Waals surface area contributed by atoms with Gasteiger partial charge in [-0.1, -0.05) is 24.3 Å². The molecule has 0 spiro atoms. The van der Waals surface area contributed by atoms with Crippen molar-refractivity contribution in [3.63, 3.8) is 0 Å². The molecule has 5 rings (SSSR count). The quantitative estimate of drug-likeness (QED) is 0.159. The van der Waals surface area contributed by atoms with E-state index in [2.05, 4.69) is 25.6 Å². The van der Waals surface area contributed by atoms with Crippen molar-refractivity contribution in [1.29, 1.82) is 0 Å². The Labute approximate surface area is 218 Å². The predicted molar refractivity (Wildman–Crippen MR) is 139 cm³/mol. The molecule has 2 aromatic carbocycles. The molecule has 1 saturated heterocycles. The molecule has 4 aromatic rings. The van der Waals surface area contributed by atoms with Crippen LogP contribution in [-0.2, 0) is 17.6 Å².